The van der Waals surface area contributed by atoms with Crippen LogP contribution < -0.4 is 0 Å². The van der Waals surface area contributed by atoms with Crippen LogP contribution in [0.5, 0.6) is 0 Å². The quantitative estimate of drug-likeness (QED) is 0.507. The van der Waals surface area contributed by atoms with Crippen LogP contribution in [-0.2, 0) is 9.53 Å². The molecule has 1 aromatic heterocycles. The maximum Gasteiger partial charge on any atom is 0.328 e. The van der Waals surface area contributed by atoms with Gasteiger partial charge in [-0.25, -0.2) is 4.79 Å². The van der Waals surface area contributed by atoms with Gasteiger partial charge in [-0.2, -0.15) is 0 Å². The Hall–Kier alpha value is -2.90. The van der Waals surface area contributed by atoms with Crippen LogP contribution >= 0.6 is 0 Å². The molecule has 8 nitrogen and oxygen atoms in total. The number of non-ortho nitro benzene ring substituents is 1. The second-order valence-electron chi connectivity index (χ2n) is 7.29. The average Bonchev–Trinajstić information content (AvgIpc) is 3.27. The second-order valence-corrected chi connectivity index (χ2v) is 7.29. The number of esters is 1. The highest BCUT2D eigenvalue weighted by Crippen LogP contribution is 2.41. The number of fused-ring (bicyclic) bond motifs is 2. The van der Waals surface area contributed by atoms with Gasteiger partial charge in [0.15, 0.2) is 0 Å². The molecule has 1 N–H and O–H groups in total. The summed E-state index contributed by atoms with van der Waals surface area (Å²) in [6.07, 6.45) is 6.27. The number of hydrogen-bond acceptors (Lipinski definition) is 5. The first-order chi connectivity index (χ1) is 13.0. The minimum atomic E-state index is -0.571. The van der Waals surface area contributed by atoms with Gasteiger partial charge in [0.25, 0.3) is 11.6 Å². The summed E-state index contributed by atoms with van der Waals surface area (Å²) < 4.78 is 4.95. The third kappa shape index (κ3) is 2.85. The molecule has 142 valence electrons. The molecule has 3 atom stereocenters. The first kappa shape index (κ1) is 17.5. The van der Waals surface area contributed by atoms with Gasteiger partial charge >= 0.3 is 5.97 Å². The van der Waals surface area contributed by atoms with Crippen LogP contribution in [0.3, 0.4) is 0 Å². The molecule has 2 aromatic rings. The standard InChI is InChI=1S/C19H21N3O5/c1-27-19(24)17-8-11-4-2-3-5-16(11)21(17)18(23)14-10-20-15-9-12(22(25)26)6-7-13(14)15/h6-7,9-11,16-17,20H,2-5,8H2,1H3. The molecule has 0 radical (unpaired) electrons. The third-order valence-corrected chi connectivity index (χ3v) is 5.90. The number of methoxy groups -OCH3 is 1. The predicted molar refractivity (Wildman–Crippen MR) is 97.3 cm³/mol. The fraction of sp³-hybridized carbons (Fsp3) is 0.474. The van der Waals surface area contributed by atoms with E-state index in [1.165, 1.54) is 19.2 Å². The van der Waals surface area contributed by atoms with Crippen LogP contribution in [0.15, 0.2) is 24.4 Å². The Morgan fingerprint density at radius 3 is 2.81 bits per heavy atom. The number of nitro groups is 1. The molecule has 1 aromatic carbocycles. The fourth-order valence-corrected chi connectivity index (χ4v) is 4.64. The lowest BCUT2D eigenvalue weighted by Gasteiger charge is -2.33. The van der Waals surface area contributed by atoms with Crippen molar-refractivity contribution in [3.63, 3.8) is 0 Å². The van der Waals surface area contributed by atoms with E-state index < -0.39 is 11.0 Å². The molecule has 1 aliphatic heterocycles. The van der Waals surface area contributed by atoms with Crippen LogP contribution in [0, 0.1) is 16.0 Å². The van der Waals surface area contributed by atoms with Gasteiger partial charge in [-0.3, -0.25) is 14.9 Å². The van der Waals surface area contributed by atoms with Crippen LogP contribution in [0.25, 0.3) is 10.9 Å². The van der Waals surface area contributed by atoms with Crippen LogP contribution in [0.2, 0.25) is 0 Å². The number of aromatic nitrogens is 1. The number of benzene rings is 1. The Kier molecular flexibility index (Phi) is 4.33. The van der Waals surface area contributed by atoms with Crippen molar-refractivity contribution in [1.29, 1.82) is 0 Å². The molecule has 3 unspecified atom stereocenters. The average molecular weight is 371 g/mol. The zero-order valence-corrected chi connectivity index (χ0v) is 15.0. The minimum absolute atomic E-state index is 0.0377. The van der Waals surface area contributed by atoms with E-state index in [1.54, 1.807) is 17.2 Å². The number of H-pyrrole nitrogens is 1. The lowest BCUT2D eigenvalue weighted by molar-refractivity contribution is -0.384. The van der Waals surface area contributed by atoms with Crippen molar-refractivity contribution in [3.8, 4) is 0 Å². The Bertz CT molecular complexity index is 921. The van der Waals surface area contributed by atoms with Gasteiger partial charge in [-0.05, 0) is 31.2 Å². The number of rotatable bonds is 3. The smallest absolute Gasteiger partial charge is 0.328 e. The van der Waals surface area contributed by atoms with Crippen molar-refractivity contribution in [2.75, 3.05) is 7.11 Å². The van der Waals surface area contributed by atoms with Crippen molar-refractivity contribution < 1.29 is 19.2 Å². The number of aromatic amines is 1. The van der Waals surface area contributed by atoms with Crippen molar-refractivity contribution >= 4 is 28.5 Å². The molecule has 4 rings (SSSR count). The van der Waals surface area contributed by atoms with E-state index in [-0.39, 0.29) is 23.6 Å². The Morgan fingerprint density at radius 2 is 2.07 bits per heavy atom. The van der Waals surface area contributed by atoms with Gasteiger partial charge in [0.2, 0.25) is 0 Å². The summed E-state index contributed by atoms with van der Waals surface area (Å²) in [5.41, 5.74) is 0.922. The van der Waals surface area contributed by atoms with Gasteiger partial charge in [0.1, 0.15) is 6.04 Å². The minimum Gasteiger partial charge on any atom is -0.467 e. The largest absolute Gasteiger partial charge is 0.467 e. The van der Waals surface area contributed by atoms with Crippen LogP contribution in [0.4, 0.5) is 5.69 Å². The van der Waals surface area contributed by atoms with Crippen LogP contribution in [0.1, 0.15) is 42.5 Å². The Labute approximate surface area is 155 Å². The zero-order chi connectivity index (χ0) is 19.1. The number of likely N-dealkylation sites (tertiary alicyclic amines) is 1. The number of nitro benzene ring substituents is 1. The summed E-state index contributed by atoms with van der Waals surface area (Å²) >= 11 is 0. The van der Waals surface area contributed by atoms with E-state index in [0.717, 1.165) is 25.7 Å². The summed E-state index contributed by atoms with van der Waals surface area (Å²) in [6, 6.07) is 3.85. The number of hydrogen-bond donors (Lipinski definition) is 1. The fourth-order valence-electron chi connectivity index (χ4n) is 4.64. The molecule has 2 aliphatic rings. The molecule has 2 heterocycles. The van der Waals surface area contributed by atoms with Crippen molar-refractivity contribution in [2.24, 2.45) is 5.92 Å². The molecular weight excluding hydrogens is 350 g/mol. The van der Waals surface area contributed by atoms with Crippen molar-refractivity contribution in [3.05, 3.63) is 40.1 Å². The summed E-state index contributed by atoms with van der Waals surface area (Å²) in [7, 11) is 1.35. The van der Waals surface area contributed by atoms with Gasteiger partial charge < -0.3 is 14.6 Å². The highest BCUT2D eigenvalue weighted by Gasteiger charge is 2.48. The van der Waals surface area contributed by atoms with Gasteiger partial charge in [-0.15, -0.1) is 0 Å². The number of ether oxygens (including phenoxy) is 1. The van der Waals surface area contributed by atoms with Gasteiger partial charge in [-0.1, -0.05) is 12.8 Å². The van der Waals surface area contributed by atoms with E-state index >= 15 is 0 Å². The first-order valence-corrected chi connectivity index (χ1v) is 9.17. The number of carbonyl (C=O) groups is 2. The Morgan fingerprint density at radius 1 is 1.30 bits per heavy atom. The highest BCUT2D eigenvalue weighted by molar-refractivity contribution is 6.08. The Balaban J connectivity index is 1.72. The van der Waals surface area contributed by atoms with Gasteiger partial charge in [0, 0.05) is 29.8 Å². The summed E-state index contributed by atoms with van der Waals surface area (Å²) in [6.45, 7) is 0. The molecule has 1 amide bonds. The van der Waals surface area contributed by atoms with E-state index in [4.69, 9.17) is 4.74 Å². The monoisotopic (exact) mass is 371 g/mol. The van der Waals surface area contributed by atoms with Gasteiger partial charge in [0.05, 0.1) is 23.1 Å². The number of carbonyl (C=O) groups excluding carboxylic acids is 2. The molecule has 1 saturated heterocycles. The van der Waals surface area contributed by atoms with Crippen molar-refractivity contribution in [1.82, 2.24) is 9.88 Å². The second kappa shape index (κ2) is 6.68. The molecule has 0 spiro atoms. The zero-order valence-electron chi connectivity index (χ0n) is 15.0. The maximum atomic E-state index is 13.4. The third-order valence-electron chi connectivity index (χ3n) is 5.90. The normalized spacial score (nSPS) is 24.6. The molecule has 1 aliphatic carbocycles. The molecule has 1 saturated carbocycles. The summed E-state index contributed by atoms with van der Waals surface area (Å²) in [5, 5.41) is 11.6. The number of amides is 1. The molecular formula is C19H21N3O5. The predicted octanol–water partition coefficient (Wildman–Crippen LogP) is 3.02. The topological polar surface area (TPSA) is 106 Å². The maximum absolute atomic E-state index is 13.4. The summed E-state index contributed by atoms with van der Waals surface area (Å²) in [4.78, 5) is 40.9. The first-order valence-electron chi connectivity index (χ1n) is 9.17. The SMILES string of the molecule is COC(=O)C1CC2CCCCC2N1C(=O)c1c[nH]c2cc([N+](=O)[O-])ccc12. The van der Waals surface area contributed by atoms with E-state index in [9.17, 15) is 19.7 Å². The van der Waals surface area contributed by atoms with Crippen molar-refractivity contribution in [2.45, 2.75) is 44.2 Å². The highest BCUT2D eigenvalue weighted by atomic mass is 16.6. The van der Waals surface area contributed by atoms with E-state index in [2.05, 4.69) is 4.98 Å². The molecule has 27 heavy (non-hydrogen) atoms. The molecule has 0 bridgehead atoms. The lowest BCUT2D eigenvalue weighted by atomic mass is 9.84. The number of nitrogens with zero attached hydrogens (tertiary/aromatic N) is 2. The molecule has 2 fully saturated rings. The molecule has 8 heteroatoms. The van der Waals surface area contributed by atoms with E-state index in [0.29, 0.717) is 28.8 Å². The van der Waals surface area contributed by atoms with Crippen LogP contribution in [-0.4, -0.2) is 45.9 Å². The number of nitrogens with one attached hydrogen (secondary N) is 1. The van der Waals surface area contributed by atoms with E-state index in [1.807, 2.05) is 0 Å². The lowest BCUT2D eigenvalue weighted by Crippen LogP contribution is -2.46. The summed E-state index contributed by atoms with van der Waals surface area (Å²) in [5.74, 6) is -0.286.